The summed E-state index contributed by atoms with van der Waals surface area (Å²) in [4.78, 5) is 15.1. The smallest absolute Gasteiger partial charge is 0.294 e. The lowest BCUT2D eigenvalue weighted by Crippen LogP contribution is -2.31. The molecule has 0 bridgehead atoms. The fourth-order valence-corrected chi connectivity index (χ4v) is 2.34. The molecule has 2 atom stereocenters. The van der Waals surface area contributed by atoms with Crippen molar-refractivity contribution in [1.82, 2.24) is 0 Å². The van der Waals surface area contributed by atoms with Gasteiger partial charge in [0.2, 0.25) is 0 Å². The van der Waals surface area contributed by atoms with Crippen molar-refractivity contribution in [1.29, 1.82) is 0 Å². The van der Waals surface area contributed by atoms with Gasteiger partial charge < -0.3 is 9.94 Å². The van der Waals surface area contributed by atoms with Crippen molar-refractivity contribution < 1.29 is 15.0 Å². The van der Waals surface area contributed by atoms with Crippen LogP contribution in [-0.4, -0.2) is 22.4 Å². The molecule has 0 aliphatic rings. The summed E-state index contributed by atoms with van der Waals surface area (Å²) in [5.41, 5.74) is 0. The minimum Gasteiger partial charge on any atom is -0.391 e. The van der Waals surface area contributed by atoms with Gasteiger partial charge in [-0.25, -0.2) is 0 Å². The van der Waals surface area contributed by atoms with Crippen LogP contribution in [0.2, 0.25) is 0 Å². The van der Waals surface area contributed by atoms with Gasteiger partial charge in [0, 0.05) is 0 Å². The molecule has 0 fully saturated rings. The molecule has 20 heavy (non-hydrogen) atoms. The molecular weight excluding hydrogens is 258 g/mol. The standard InChI is InChI=1S/C15H31NO4/c1-3-5-7-9-11-13-15(20-16(18)19)14(17)12-10-8-6-4-2/h14-15,17H,3-13H2,1-2H3. The zero-order valence-corrected chi connectivity index (χ0v) is 13.1. The summed E-state index contributed by atoms with van der Waals surface area (Å²) >= 11 is 0. The van der Waals surface area contributed by atoms with Crippen LogP contribution in [-0.2, 0) is 4.84 Å². The van der Waals surface area contributed by atoms with Crippen molar-refractivity contribution in [3.63, 3.8) is 0 Å². The topological polar surface area (TPSA) is 72.6 Å². The fraction of sp³-hybridized carbons (Fsp3) is 1.00. The number of hydrogen-bond donors (Lipinski definition) is 1. The van der Waals surface area contributed by atoms with Crippen LogP contribution < -0.4 is 0 Å². The van der Waals surface area contributed by atoms with Gasteiger partial charge in [-0.3, -0.25) is 0 Å². The molecule has 0 aromatic carbocycles. The first-order valence-electron chi connectivity index (χ1n) is 8.11. The van der Waals surface area contributed by atoms with E-state index in [0.717, 1.165) is 44.9 Å². The average Bonchev–Trinajstić information content (AvgIpc) is 2.41. The molecule has 0 aromatic heterocycles. The second-order valence-electron chi connectivity index (χ2n) is 5.49. The molecule has 5 heteroatoms. The first-order valence-corrected chi connectivity index (χ1v) is 8.11. The normalized spacial score (nSPS) is 13.9. The van der Waals surface area contributed by atoms with Gasteiger partial charge in [-0.15, -0.1) is 10.1 Å². The summed E-state index contributed by atoms with van der Waals surface area (Å²) in [5, 5.41) is 19.8. The molecule has 0 aromatic rings. The van der Waals surface area contributed by atoms with Gasteiger partial charge in [0.1, 0.15) is 6.10 Å². The van der Waals surface area contributed by atoms with Crippen molar-refractivity contribution in [2.45, 2.75) is 96.7 Å². The van der Waals surface area contributed by atoms with E-state index < -0.39 is 17.3 Å². The number of hydrogen-bond acceptors (Lipinski definition) is 4. The summed E-state index contributed by atoms with van der Waals surface area (Å²) in [5.74, 6) is 0. The molecule has 0 saturated carbocycles. The minimum absolute atomic E-state index is 0.569. The second-order valence-corrected chi connectivity index (χ2v) is 5.49. The van der Waals surface area contributed by atoms with Crippen molar-refractivity contribution in [3.05, 3.63) is 10.1 Å². The van der Waals surface area contributed by atoms with Crippen LogP contribution in [0.15, 0.2) is 0 Å². The number of nitrogens with zero attached hydrogens (tertiary/aromatic N) is 1. The molecule has 0 amide bonds. The van der Waals surface area contributed by atoms with E-state index in [1.165, 1.54) is 12.8 Å². The van der Waals surface area contributed by atoms with Crippen LogP contribution in [0.1, 0.15) is 84.5 Å². The highest BCUT2D eigenvalue weighted by Gasteiger charge is 2.22. The Hall–Kier alpha value is -0.840. The van der Waals surface area contributed by atoms with E-state index in [4.69, 9.17) is 0 Å². The van der Waals surface area contributed by atoms with Gasteiger partial charge in [0.05, 0.1) is 6.10 Å². The average molecular weight is 289 g/mol. The lowest BCUT2D eigenvalue weighted by Gasteiger charge is -2.21. The first-order chi connectivity index (χ1) is 9.61. The molecule has 0 heterocycles. The predicted molar refractivity (Wildman–Crippen MR) is 80.0 cm³/mol. The van der Waals surface area contributed by atoms with Gasteiger partial charge in [0.25, 0.3) is 5.09 Å². The van der Waals surface area contributed by atoms with Gasteiger partial charge in [-0.05, 0) is 12.8 Å². The van der Waals surface area contributed by atoms with E-state index in [9.17, 15) is 15.2 Å². The Morgan fingerprint density at radius 3 is 2.00 bits per heavy atom. The Labute approximate surface area is 122 Å². The van der Waals surface area contributed by atoms with E-state index in [-0.39, 0.29) is 0 Å². The molecule has 0 aliphatic carbocycles. The zero-order valence-electron chi connectivity index (χ0n) is 13.1. The third-order valence-corrected chi connectivity index (χ3v) is 3.60. The molecule has 0 radical (unpaired) electrons. The van der Waals surface area contributed by atoms with E-state index in [0.29, 0.717) is 12.8 Å². The maximum atomic E-state index is 10.5. The number of aliphatic hydroxyl groups excluding tert-OH is 1. The second kappa shape index (κ2) is 13.2. The maximum Gasteiger partial charge on any atom is 0.294 e. The molecule has 2 unspecified atom stereocenters. The van der Waals surface area contributed by atoms with Crippen LogP contribution in [0.4, 0.5) is 0 Å². The van der Waals surface area contributed by atoms with E-state index in [1.807, 2.05) is 0 Å². The lowest BCUT2D eigenvalue weighted by molar-refractivity contribution is -0.771. The summed E-state index contributed by atoms with van der Waals surface area (Å²) in [6, 6.07) is 0. The van der Waals surface area contributed by atoms with Crippen molar-refractivity contribution >= 4 is 0 Å². The summed E-state index contributed by atoms with van der Waals surface area (Å²) in [6.45, 7) is 4.28. The van der Waals surface area contributed by atoms with Gasteiger partial charge in [0.15, 0.2) is 0 Å². The third-order valence-electron chi connectivity index (χ3n) is 3.60. The van der Waals surface area contributed by atoms with E-state index in [1.54, 1.807) is 0 Å². The molecule has 0 saturated heterocycles. The van der Waals surface area contributed by atoms with Crippen molar-refractivity contribution in [3.8, 4) is 0 Å². The highest BCUT2D eigenvalue weighted by atomic mass is 17.0. The molecular formula is C15H31NO4. The van der Waals surface area contributed by atoms with Gasteiger partial charge in [-0.2, -0.15) is 0 Å². The Morgan fingerprint density at radius 2 is 1.45 bits per heavy atom. The Kier molecular flexibility index (Phi) is 12.6. The summed E-state index contributed by atoms with van der Waals surface area (Å²) < 4.78 is 0. The Morgan fingerprint density at radius 1 is 0.950 bits per heavy atom. The Bertz CT molecular complexity index is 236. The third kappa shape index (κ3) is 11.0. The molecule has 1 N–H and O–H groups in total. The predicted octanol–water partition coefficient (Wildman–Crippen LogP) is 4.26. The van der Waals surface area contributed by atoms with Crippen LogP contribution in [0.3, 0.4) is 0 Å². The van der Waals surface area contributed by atoms with Crippen molar-refractivity contribution in [2.24, 2.45) is 0 Å². The largest absolute Gasteiger partial charge is 0.391 e. The van der Waals surface area contributed by atoms with Crippen molar-refractivity contribution in [2.75, 3.05) is 0 Å². The summed E-state index contributed by atoms with van der Waals surface area (Å²) in [6.07, 6.45) is 9.48. The highest BCUT2D eigenvalue weighted by molar-refractivity contribution is 4.68. The Balaban J connectivity index is 3.95. The first kappa shape index (κ1) is 19.2. The number of rotatable bonds is 14. The van der Waals surface area contributed by atoms with Crippen LogP contribution in [0.5, 0.6) is 0 Å². The maximum absolute atomic E-state index is 10.5. The lowest BCUT2D eigenvalue weighted by atomic mass is 10.00. The fourth-order valence-electron chi connectivity index (χ4n) is 2.34. The van der Waals surface area contributed by atoms with E-state index >= 15 is 0 Å². The molecule has 0 spiro atoms. The van der Waals surface area contributed by atoms with Gasteiger partial charge >= 0.3 is 0 Å². The van der Waals surface area contributed by atoms with Crippen LogP contribution >= 0.6 is 0 Å². The molecule has 5 nitrogen and oxygen atoms in total. The molecule has 120 valence electrons. The quantitative estimate of drug-likeness (QED) is 0.295. The van der Waals surface area contributed by atoms with Crippen LogP contribution in [0.25, 0.3) is 0 Å². The van der Waals surface area contributed by atoms with E-state index in [2.05, 4.69) is 18.7 Å². The molecule has 0 aliphatic heterocycles. The van der Waals surface area contributed by atoms with Gasteiger partial charge in [-0.1, -0.05) is 71.6 Å². The SMILES string of the molecule is CCCCCCCC(O[N+](=O)[O-])C(O)CCCCCC. The molecule has 0 rings (SSSR count). The summed E-state index contributed by atoms with van der Waals surface area (Å²) in [7, 11) is 0. The number of unbranched alkanes of at least 4 members (excludes halogenated alkanes) is 7. The number of aliphatic hydroxyl groups is 1. The monoisotopic (exact) mass is 289 g/mol. The highest BCUT2D eigenvalue weighted by Crippen LogP contribution is 2.17. The van der Waals surface area contributed by atoms with Crippen LogP contribution in [0, 0.1) is 10.1 Å². The minimum atomic E-state index is -0.772. The zero-order chi connectivity index (χ0) is 15.2.